The number of carbonyl (C=O) groups is 1. The van der Waals surface area contributed by atoms with E-state index in [1.54, 1.807) is 4.57 Å². The number of hydrogen-bond acceptors (Lipinski definition) is 5. The van der Waals surface area contributed by atoms with Crippen LogP contribution in [0.25, 0.3) is 5.78 Å². The summed E-state index contributed by atoms with van der Waals surface area (Å²) in [5, 5.41) is 10.1. The summed E-state index contributed by atoms with van der Waals surface area (Å²) in [5.41, 5.74) is 1.37. The number of nitrogens with zero attached hydrogens (tertiary/aromatic N) is 4. The van der Waals surface area contributed by atoms with Crippen LogP contribution in [-0.2, 0) is 17.8 Å². The Balaban J connectivity index is 0.00000144. The third kappa shape index (κ3) is 4.79. The molecule has 2 N–H and O–H groups in total. The Kier molecular flexibility index (Phi) is 7.68. The van der Waals surface area contributed by atoms with Crippen molar-refractivity contribution in [3.8, 4) is 0 Å². The number of aromatic nitrogens is 4. The molecule has 8 nitrogen and oxygen atoms in total. The van der Waals surface area contributed by atoms with Crippen LogP contribution in [0.3, 0.4) is 0 Å². The summed E-state index contributed by atoms with van der Waals surface area (Å²) in [7, 11) is 0. The molecule has 3 unspecified atom stereocenters. The van der Waals surface area contributed by atoms with Crippen molar-refractivity contribution in [1.82, 2.24) is 24.5 Å². The number of rotatable bonds is 7. The highest BCUT2D eigenvalue weighted by atomic mass is 79.9. The molecule has 0 aliphatic heterocycles. The van der Waals surface area contributed by atoms with Gasteiger partial charge in [-0.3, -0.25) is 9.59 Å². The summed E-state index contributed by atoms with van der Waals surface area (Å²) in [5.74, 6) is -1.34. The third-order valence-corrected chi connectivity index (χ3v) is 8.25. The Morgan fingerprint density at radius 3 is 2.45 bits per heavy atom. The van der Waals surface area contributed by atoms with Gasteiger partial charge in [0.25, 0.3) is 5.56 Å². The number of hydrogen-bond donors (Lipinski definition) is 2. The zero-order chi connectivity index (χ0) is 27.1. The van der Waals surface area contributed by atoms with Gasteiger partial charge in [-0.2, -0.15) is 9.50 Å². The number of nitrogens with one attached hydrogen (secondary N) is 2. The van der Waals surface area contributed by atoms with E-state index in [9.17, 15) is 18.4 Å². The fourth-order valence-corrected chi connectivity index (χ4v) is 6.29. The molecule has 3 aromatic rings. The van der Waals surface area contributed by atoms with E-state index in [1.807, 2.05) is 13.8 Å². The van der Waals surface area contributed by atoms with E-state index in [0.29, 0.717) is 29.5 Å². The van der Waals surface area contributed by atoms with Gasteiger partial charge < -0.3 is 15.2 Å². The van der Waals surface area contributed by atoms with Crippen LogP contribution in [0.2, 0.25) is 0 Å². The van der Waals surface area contributed by atoms with Crippen molar-refractivity contribution in [2.45, 2.75) is 83.7 Å². The van der Waals surface area contributed by atoms with Gasteiger partial charge in [-0.25, -0.2) is 8.78 Å². The lowest BCUT2D eigenvalue weighted by Gasteiger charge is -2.41. The Bertz CT molecular complexity index is 1410. The van der Waals surface area contributed by atoms with E-state index in [0.717, 1.165) is 44.3 Å². The maximum absolute atomic E-state index is 14.7. The molecule has 6 rings (SSSR count). The maximum Gasteiger partial charge on any atom is 0.279 e. The smallest absolute Gasteiger partial charge is 0.279 e. The van der Waals surface area contributed by atoms with Crippen molar-refractivity contribution in [1.29, 1.82) is 0 Å². The van der Waals surface area contributed by atoms with Gasteiger partial charge in [0.15, 0.2) is 0 Å². The molecule has 0 radical (unpaired) electrons. The molecule has 11 heteroatoms. The number of halogens is 3. The molecular formula is C27H33BrF2N6O2. The summed E-state index contributed by atoms with van der Waals surface area (Å²) in [4.78, 5) is 30.8. The summed E-state index contributed by atoms with van der Waals surface area (Å²) in [6, 6.07) is 2.96. The predicted octanol–water partition coefficient (Wildman–Crippen LogP) is 4.89. The topological polar surface area (TPSA) is 93.3 Å². The Labute approximate surface area is 228 Å². The van der Waals surface area contributed by atoms with Gasteiger partial charge >= 0.3 is 0 Å². The van der Waals surface area contributed by atoms with Crippen molar-refractivity contribution in [3.63, 3.8) is 0 Å². The van der Waals surface area contributed by atoms with E-state index in [1.165, 1.54) is 16.6 Å². The van der Waals surface area contributed by atoms with Crippen LogP contribution >= 0.6 is 15.9 Å². The molecule has 3 aliphatic carbocycles. The minimum absolute atomic E-state index is 0.0665. The van der Waals surface area contributed by atoms with Gasteiger partial charge in [-0.15, -0.1) is 5.10 Å². The van der Waals surface area contributed by atoms with Crippen molar-refractivity contribution in [2.24, 2.45) is 5.92 Å². The largest absolute Gasteiger partial charge is 0.320 e. The van der Waals surface area contributed by atoms with Gasteiger partial charge in [0.2, 0.25) is 16.4 Å². The molecule has 38 heavy (non-hydrogen) atoms. The fraction of sp³-hybridized carbons (Fsp3) is 0.556. The van der Waals surface area contributed by atoms with Gasteiger partial charge in [-0.05, 0) is 96.4 Å². The zero-order valence-electron chi connectivity index (χ0n) is 21.9. The van der Waals surface area contributed by atoms with Gasteiger partial charge in [0, 0.05) is 17.3 Å². The molecule has 2 heterocycles. The molecule has 2 saturated carbocycles. The van der Waals surface area contributed by atoms with Crippen LogP contribution in [-0.4, -0.2) is 37.7 Å². The Morgan fingerprint density at radius 1 is 1.13 bits per heavy atom. The highest BCUT2D eigenvalue weighted by molar-refractivity contribution is 9.10. The summed E-state index contributed by atoms with van der Waals surface area (Å²) in [6.07, 6.45) is 5.38. The molecule has 0 spiro atoms. The lowest BCUT2D eigenvalue weighted by molar-refractivity contribution is -0.116. The average molecular weight is 592 g/mol. The van der Waals surface area contributed by atoms with Crippen LogP contribution in [0.4, 0.5) is 14.5 Å². The number of amides is 1. The van der Waals surface area contributed by atoms with Crippen molar-refractivity contribution >= 4 is 33.3 Å². The summed E-state index contributed by atoms with van der Waals surface area (Å²) in [6.45, 7) is 6.70. The average Bonchev–Trinajstić information content (AvgIpc) is 3.53. The molecule has 3 aliphatic rings. The monoisotopic (exact) mass is 590 g/mol. The third-order valence-electron chi connectivity index (χ3n) is 7.92. The minimum Gasteiger partial charge on any atom is -0.320 e. The van der Waals surface area contributed by atoms with E-state index in [4.69, 9.17) is 0 Å². The van der Waals surface area contributed by atoms with Crippen LogP contribution < -0.4 is 16.2 Å². The first-order chi connectivity index (χ1) is 18.4. The number of anilines is 1. The van der Waals surface area contributed by atoms with Gasteiger partial charge in [-0.1, -0.05) is 20.8 Å². The number of carbonyl (C=O) groups excluding carboxylic acids is 1. The Hall–Kier alpha value is -2.66. The molecule has 0 bridgehead atoms. The van der Waals surface area contributed by atoms with Crippen LogP contribution in [0.5, 0.6) is 0 Å². The molecule has 3 atom stereocenters. The van der Waals surface area contributed by atoms with Crippen molar-refractivity contribution < 1.29 is 13.6 Å². The molecule has 2 fully saturated rings. The Morgan fingerprint density at radius 2 is 1.84 bits per heavy atom. The van der Waals surface area contributed by atoms with Crippen LogP contribution in [0.15, 0.2) is 21.7 Å². The first-order valence-electron chi connectivity index (χ1n) is 13.6. The normalized spacial score (nSPS) is 22.0. The molecule has 1 aromatic carbocycles. The van der Waals surface area contributed by atoms with Crippen LogP contribution in [0, 0.1) is 17.6 Å². The SMILES string of the molecule is CC.CCNC1CCC1C1CCc2c1c(=O)n1nc(Br)nc1n2CC(=O)Nc1c(F)cc(C2CC2)cc1F. The number of benzene rings is 1. The second-order valence-corrected chi connectivity index (χ2v) is 10.8. The molecule has 204 valence electrons. The number of fused-ring (bicyclic) bond motifs is 2. The van der Waals surface area contributed by atoms with Crippen LogP contribution in [0.1, 0.15) is 81.5 Å². The van der Waals surface area contributed by atoms with Crippen molar-refractivity contribution in [2.75, 3.05) is 11.9 Å². The standard InChI is InChI=1S/C25H27BrF2N6O2.C2H6/c1-2-29-18-7-5-14(18)15-6-8-19-21(15)23(36)34-25(31-24(26)32-34)33(19)11-20(35)30-22-16(27)9-13(10-17(22)28)12-3-4-12;1-2/h9-10,12,14-15,18,29H,2-8,11H2,1H3,(H,30,35);1-2H3. The van der Waals surface area contributed by atoms with E-state index in [2.05, 4.69) is 43.6 Å². The van der Waals surface area contributed by atoms with E-state index >= 15 is 0 Å². The second kappa shape index (κ2) is 10.8. The first kappa shape index (κ1) is 26.9. The lowest BCUT2D eigenvalue weighted by Crippen LogP contribution is -2.47. The van der Waals surface area contributed by atoms with Crippen molar-refractivity contribution in [3.05, 3.63) is 55.7 Å². The van der Waals surface area contributed by atoms with Gasteiger partial charge in [0.05, 0.1) is 0 Å². The highest BCUT2D eigenvalue weighted by Gasteiger charge is 2.43. The molecule has 2 aromatic heterocycles. The first-order valence-corrected chi connectivity index (χ1v) is 14.3. The quantitative estimate of drug-likeness (QED) is 0.408. The fourth-order valence-electron chi connectivity index (χ4n) is 5.98. The predicted molar refractivity (Wildman–Crippen MR) is 145 cm³/mol. The zero-order valence-corrected chi connectivity index (χ0v) is 23.4. The summed E-state index contributed by atoms with van der Waals surface area (Å²) < 4.78 is 32.5. The highest BCUT2D eigenvalue weighted by Crippen LogP contribution is 2.46. The molecule has 0 saturated heterocycles. The van der Waals surface area contributed by atoms with E-state index < -0.39 is 23.2 Å². The molecular weight excluding hydrogens is 558 g/mol. The lowest BCUT2D eigenvalue weighted by atomic mass is 9.70. The second-order valence-electron chi connectivity index (χ2n) is 10.1. The minimum atomic E-state index is -0.787. The molecule has 1 amide bonds. The van der Waals surface area contributed by atoms with E-state index in [-0.39, 0.29) is 34.5 Å². The maximum atomic E-state index is 14.7. The summed E-state index contributed by atoms with van der Waals surface area (Å²) >= 11 is 3.24. The van der Waals surface area contributed by atoms with Gasteiger partial charge in [0.1, 0.15) is 23.9 Å².